The van der Waals surface area contributed by atoms with Crippen molar-refractivity contribution in [2.24, 2.45) is 0 Å². The average Bonchev–Trinajstić information content (AvgIpc) is 2.52. The van der Waals surface area contributed by atoms with Gasteiger partial charge in [0.15, 0.2) is 5.78 Å². The first-order valence-electron chi connectivity index (χ1n) is 7.62. The van der Waals surface area contributed by atoms with Crippen LogP contribution >= 0.6 is 0 Å². The Morgan fingerprint density at radius 1 is 1.19 bits per heavy atom. The van der Waals surface area contributed by atoms with Gasteiger partial charge in [-0.3, -0.25) is 4.79 Å². The van der Waals surface area contributed by atoms with Crippen LogP contribution in [0.5, 0.6) is 5.75 Å². The molecule has 116 valence electrons. The number of carbonyl (C=O) groups is 1. The SMILES string of the molecule is CCCOc1ccc(C(=O)CNN2CCN(C)CC2)cc1. The van der Waals surface area contributed by atoms with Gasteiger partial charge in [-0.25, -0.2) is 10.4 Å². The number of hydrogen-bond donors (Lipinski definition) is 1. The van der Waals surface area contributed by atoms with Crippen molar-refractivity contribution in [3.05, 3.63) is 29.8 Å². The second-order valence-corrected chi connectivity index (χ2v) is 5.42. The van der Waals surface area contributed by atoms with Gasteiger partial charge in [0.1, 0.15) is 5.75 Å². The topological polar surface area (TPSA) is 44.8 Å². The molecular weight excluding hydrogens is 266 g/mol. The number of Topliss-reactive ketones (excluding diaryl/α,β-unsaturated/α-hetero) is 1. The molecule has 0 bridgehead atoms. The van der Waals surface area contributed by atoms with E-state index in [2.05, 4.69) is 29.3 Å². The number of likely N-dealkylation sites (N-methyl/N-ethyl adjacent to an activating group) is 1. The Hall–Kier alpha value is -1.43. The first-order valence-corrected chi connectivity index (χ1v) is 7.62. The number of hydrogen-bond acceptors (Lipinski definition) is 5. The van der Waals surface area contributed by atoms with Gasteiger partial charge in [0, 0.05) is 31.7 Å². The van der Waals surface area contributed by atoms with Crippen LogP contribution in [0, 0.1) is 0 Å². The van der Waals surface area contributed by atoms with E-state index in [9.17, 15) is 4.79 Å². The Bertz CT molecular complexity index is 439. The molecule has 0 aliphatic carbocycles. The summed E-state index contributed by atoms with van der Waals surface area (Å²) in [5.41, 5.74) is 3.94. The van der Waals surface area contributed by atoms with E-state index < -0.39 is 0 Å². The molecule has 1 aromatic rings. The molecule has 0 atom stereocenters. The summed E-state index contributed by atoms with van der Waals surface area (Å²) in [6, 6.07) is 7.38. The summed E-state index contributed by atoms with van der Waals surface area (Å²) in [6.07, 6.45) is 0.982. The second kappa shape index (κ2) is 8.12. The van der Waals surface area contributed by atoms with Crippen molar-refractivity contribution in [1.82, 2.24) is 15.3 Å². The number of ketones is 1. The number of hydrazine groups is 1. The van der Waals surface area contributed by atoms with Gasteiger partial charge >= 0.3 is 0 Å². The lowest BCUT2D eigenvalue weighted by atomic mass is 10.1. The zero-order valence-corrected chi connectivity index (χ0v) is 13.0. The van der Waals surface area contributed by atoms with E-state index in [0.717, 1.165) is 43.9 Å². The maximum Gasteiger partial charge on any atom is 0.178 e. The van der Waals surface area contributed by atoms with Crippen molar-refractivity contribution in [2.75, 3.05) is 46.4 Å². The van der Waals surface area contributed by atoms with Crippen LogP contribution in [0.1, 0.15) is 23.7 Å². The van der Waals surface area contributed by atoms with Gasteiger partial charge in [0.25, 0.3) is 0 Å². The molecule has 0 unspecified atom stereocenters. The molecule has 1 aliphatic heterocycles. The molecule has 1 saturated heterocycles. The molecule has 1 heterocycles. The highest BCUT2D eigenvalue weighted by Crippen LogP contribution is 2.12. The smallest absolute Gasteiger partial charge is 0.178 e. The van der Waals surface area contributed by atoms with Crippen LogP contribution in [0.2, 0.25) is 0 Å². The Morgan fingerprint density at radius 3 is 2.48 bits per heavy atom. The lowest BCUT2D eigenvalue weighted by Crippen LogP contribution is -2.51. The molecule has 5 nitrogen and oxygen atoms in total. The van der Waals surface area contributed by atoms with Crippen LogP contribution in [0.4, 0.5) is 0 Å². The van der Waals surface area contributed by atoms with E-state index >= 15 is 0 Å². The zero-order chi connectivity index (χ0) is 15.1. The summed E-state index contributed by atoms with van der Waals surface area (Å²) in [4.78, 5) is 14.4. The minimum atomic E-state index is 0.107. The number of rotatable bonds is 7. The van der Waals surface area contributed by atoms with Crippen molar-refractivity contribution in [3.63, 3.8) is 0 Å². The molecule has 0 saturated carbocycles. The van der Waals surface area contributed by atoms with Gasteiger partial charge in [-0.15, -0.1) is 0 Å². The van der Waals surface area contributed by atoms with Crippen LogP contribution < -0.4 is 10.2 Å². The molecule has 0 aromatic heterocycles. The van der Waals surface area contributed by atoms with Crippen LogP contribution in [0.3, 0.4) is 0 Å². The highest BCUT2D eigenvalue weighted by Gasteiger charge is 2.14. The number of nitrogens with one attached hydrogen (secondary N) is 1. The Balaban J connectivity index is 1.77. The first-order chi connectivity index (χ1) is 10.2. The van der Waals surface area contributed by atoms with Gasteiger partial charge in [-0.05, 0) is 37.7 Å². The molecule has 21 heavy (non-hydrogen) atoms. The van der Waals surface area contributed by atoms with Gasteiger partial charge in [-0.2, -0.15) is 0 Å². The predicted molar refractivity (Wildman–Crippen MR) is 83.6 cm³/mol. The zero-order valence-electron chi connectivity index (χ0n) is 13.0. The van der Waals surface area contributed by atoms with E-state index in [4.69, 9.17) is 4.74 Å². The maximum absolute atomic E-state index is 12.1. The molecule has 0 radical (unpaired) electrons. The molecule has 1 fully saturated rings. The molecular formula is C16H25N3O2. The van der Waals surface area contributed by atoms with Crippen molar-refractivity contribution < 1.29 is 9.53 Å². The summed E-state index contributed by atoms with van der Waals surface area (Å²) in [6.45, 7) is 7.09. The van der Waals surface area contributed by atoms with Gasteiger partial charge in [-0.1, -0.05) is 6.92 Å². The van der Waals surface area contributed by atoms with Crippen molar-refractivity contribution in [1.29, 1.82) is 0 Å². The van der Waals surface area contributed by atoms with Crippen molar-refractivity contribution in [3.8, 4) is 5.75 Å². The fraction of sp³-hybridized carbons (Fsp3) is 0.562. The van der Waals surface area contributed by atoms with Crippen molar-refractivity contribution in [2.45, 2.75) is 13.3 Å². The van der Waals surface area contributed by atoms with Crippen molar-refractivity contribution >= 4 is 5.78 Å². The molecule has 5 heteroatoms. The quantitative estimate of drug-likeness (QED) is 0.770. The summed E-state index contributed by atoms with van der Waals surface area (Å²) < 4.78 is 5.52. The normalized spacial score (nSPS) is 16.9. The number of benzene rings is 1. The summed E-state index contributed by atoms with van der Waals surface area (Å²) in [5.74, 6) is 0.927. The second-order valence-electron chi connectivity index (χ2n) is 5.42. The highest BCUT2D eigenvalue weighted by molar-refractivity contribution is 5.97. The molecule has 2 rings (SSSR count). The molecule has 1 aromatic carbocycles. The van der Waals surface area contributed by atoms with Crippen LogP contribution in [-0.2, 0) is 0 Å². The van der Waals surface area contributed by atoms with Crippen LogP contribution in [0.15, 0.2) is 24.3 Å². The lowest BCUT2D eigenvalue weighted by molar-refractivity contribution is 0.0838. The Morgan fingerprint density at radius 2 is 1.86 bits per heavy atom. The standard InChI is InChI=1S/C16H25N3O2/c1-3-12-21-15-6-4-14(5-7-15)16(20)13-17-19-10-8-18(2)9-11-19/h4-7,17H,3,8-13H2,1-2H3. The summed E-state index contributed by atoms with van der Waals surface area (Å²) in [7, 11) is 2.12. The lowest BCUT2D eigenvalue weighted by Gasteiger charge is -2.32. The molecule has 0 spiro atoms. The Kier molecular flexibility index (Phi) is 6.17. The number of carbonyl (C=O) groups excluding carboxylic acids is 1. The highest BCUT2D eigenvalue weighted by atomic mass is 16.5. The minimum Gasteiger partial charge on any atom is -0.494 e. The monoisotopic (exact) mass is 291 g/mol. The fourth-order valence-electron chi connectivity index (χ4n) is 2.21. The maximum atomic E-state index is 12.1. The third kappa shape index (κ3) is 5.12. The largest absolute Gasteiger partial charge is 0.494 e. The molecule has 1 aliphatic rings. The summed E-state index contributed by atoms with van der Waals surface area (Å²) in [5, 5.41) is 2.12. The number of nitrogens with zero attached hydrogens (tertiary/aromatic N) is 2. The predicted octanol–water partition coefficient (Wildman–Crippen LogP) is 1.41. The van der Waals surface area contributed by atoms with E-state index in [1.165, 1.54) is 0 Å². The first kappa shape index (κ1) is 15.9. The van der Waals surface area contributed by atoms with Gasteiger partial charge in [0.2, 0.25) is 0 Å². The average molecular weight is 291 g/mol. The Labute approximate surface area is 126 Å². The number of ether oxygens (including phenoxy) is 1. The van der Waals surface area contributed by atoms with Crippen LogP contribution in [-0.4, -0.2) is 62.1 Å². The summed E-state index contributed by atoms with van der Waals surface area (Å²) >= 11 is 0. The van der Waals surface area contributed by atoms with E-state index in [1.54, 1.807) is 0 Å². The third-order valence-electron chi connectivity index (χ3n) is 3.62. The minimum absolute atomic E-state index is 0.107. The van der Waals surface area contributed by atoms with E-state index in [1.807, 2.05) is 24.3 Å². The van der Waals surface area contributed by atoms with Gasteiger partial charge in [0.05, 0.1) is 13.2 Å². The van der Waals surface area contributed by atoms with E-state index in [0.29, 0.717) is 13.2 Å². The van der Waals surface area contributed by atoms with Gasteiger partial charge < -0.3 is 9.64 Å². The molecule has 0 amide bonds. The third-order valence-corrected chi connectivity index (χ3v) is 3.62. The number of piperazine rings is 1. The van der Waals surface area contributed by atoms with E-state index in [-0.39, 0.29) is 5.78 Å². The fourth-order valence-corrected chi connectivity index (χ4v) is 2.21. The van der Waals surface area contributed by atoms with Crippen LogP contribution in [0.25, 0.3) is 0 Å². The molecule has 1 N–H and O–H groups in total.